The van der Waals surface area contributed by atoms with Gasteiger partial charge >= 0.3 is 0 Å². The molecule has 0 spiro atoms. The van der Waals surface area contributed by atoms with Crippen molar-refractivity contribution in [2.75, 3.05) is 0 Å². The molecule has 4 aromatic rings. The smallest absolute Gasteiger partial charge is 0.0128 e. The third-order valence-corrected chi connectivity index (χ3v) is 16.0. The quantitative estimate of drug-likeness (QED) is 0.223. The van der Waals surface area contributed by atoms with Crippen LogP contribution in [0.3, 0.4) is 0 Å². The minimum atomic E-state index is 0.768. The molecule has 0 heteroatoms. The van der Waals surface area contributed by atoms with Gasteiger partial charge in [-0.25, -0.2) is 0 Å². The minimum Gasteiger partial charge on any atom is -0.0616 e. The highest BCUT2D eigenvalue weighted by Gasteiger charge is 2.66. The van der Waals surface area contributed by atoms with Crippen molar-refractivity contribution >= 4 is 21.5 Å². The van der Waals surface area contributed by atoms with Crippen LogP contribution in [-0.4, -0.2) is 0 Å². The van der Waals surface area contributed by atoms with Crippen LogP contribution in [0.25, 0.3) is 21.5 Å². The van der Waals surface area contributed by atoms with Gasteiger partial charge in [0.1, 0.15) is 0 Å². The Labute approximate surface area is 264 Å². The summed E-state index contributed by atoms with van der Waals surface area (Å²) in [4.78, 5) is 0. The maximum Gasteiger partial charge on any atom is -0.0128 e. The lowest BCUT2D eigenvalue weighted by atomic mass is 9.38. The predicted molar refractivity (Wildman–Crippen MR) is 181 cm³/mol. The van der Waals surface area contributed by atoms with E-state index in [1.165, 1.54) is 47.2 Å². The van der Waals surface area contributed by atoms with Gasteiger partial charge in [0, 0.05) is 0 Å². The van der Waals surface area contributed by atoms with Crippen molar-refractivity contribution in [3.63, 3.8) is 0 Å². The lowest BCUT2D eigenvalue weighted by Gasteiger charge is -2.67. The molecule has 0 heterocycles. The van der Waals surface area contributed by atoms with E-state index in [4.69, 9.17) is 0 Å². The molecule has 44 heavy (non-hydrogen) atoms. The van der Waals surface area contributed by atoms with E-state index in [-0.39, 0.29) is 0 Å². The summed E-state index contributed by atoms with van der Waals surface area (Å²) in [5.41, 5.74) is 3.38. The summed E-state index contributed by atoms with van der Waals surface area (Å²) in [6.07, 6.45) is 15.4. The summed E-state index contributed by atoms with van der Waals surface area (Å²) >= 11 is 0. The SMILES string of the molecule is c1ccc2cc(C3CC4C5CCC6CCC7CCC(C8CC(c9ccc%10ccccc%10c9)C9CCC3C9C48)C5C67)ccc2c1. The minimum absolute atomic E-state index is 0.768. The number of hydrogen-bond acceptors (Lipinski definition) is 0. The van der Waals surface area contributed by atoms with Crippen LogP contribution in [-0.2, 0) is 0 Å². The van der Waals surface area contributed by atoms with Crippen LogP contribution in [0.2, 0.25) is 0 Å². The summed E-state index contributed by atoms with van der Waals surface area (Å²) < 4.78 is 0. The molecule has 0 nitrogen and oxygen atoms in total. The molecular weight excluding hydrogens is 528 g/mol. The average Bonchev–Trinajstić information content (AvgIpc) is 3.72. The molecule has 224 valence electrons. The van der Waals surface area contributed by atoms with Gasteiger partial charge in [-0.05, 0) is 180 Å². The van der Waals surface area contributed by atoms with E-state index >= 15 is 0 Å². The summed E-state index contributed by atoms with van der Waals surface area (Å²) in [7, 11) is 0. The molecule has 0 amide bonds. The Balaban J connectivity index is 1.06. The fourth-order valence-electron chi connectivity index (χ4n) is 14.9. The van der Waals surface area contributed by atoms with Crippen LogP contribution >= 0.6 is 0 Å². The van der Waals surface area contributed by atoms with Crippen LogP contribution in [0.4, 0.5) is 0 Å². The number of hydrogen-bond donors (Lipinski definition) is 0. The second-order valence-electron chi connectivity index (χ2n) is 17.0. The Morgan fingerprint density at radius 3 is 1.27 bits per heavy atom. The Kier molecular flexibility index (Phi) is 5.50. The molecule has 0 radical (unpaired) electrons. The number of rotatable bonds is 2. The van der Waals surface area contributed by atoms with Gasteiger partial charge in [0.2, 0.25) is 0 Å². The fraction of sp³-hybridized carbons (Fsp3) is 0.545. The van der Waals surface area contributed by atoms with Crippen molar-refractivity contribution in [3.05, 3.63) is 96.1 Å². The van der Waals surface area contributed by atoms with Crippen molar-refractivity contribution in [1.29, 1.82) is 0 Å². The van der Waals surface area contributed by atoms with Crippen LogP contribution in [0.5, 0.6) is 0 Å². The topological polar surface area (TPSA) is 0 Å². The third kappa shape index (κ3) is 3.47. The zero-order valence-corrected chi connectivity index (χ0v) is 26.2. The second-order valence-corrected chi connectivity index (χ2v) is 17.0. The first kappa shape index (κ1) is 25.6. The predicted octanol–water partition coefficient (Wildman–Crippen LogP) is 11.3. The molecule has 11 rings (SSSR count). The summed E-state index contributed by atoms with van der Waals surface area (Å²) in [5, 5.41) is 5.75. The second kappa shape index (κ2) is 9.47. The highest BCUT2D eigenvalue weighted by Crippen LogP contribution is 2.74. The maximum atomic E-state index is 2.63. The molecular formula is C44H48. The molecule has 4 aromatic carbocycles. The number of fused-ring (bicyclic) bond motifs is 4. The van der Waals surface area contributed by atoms with Gasteiger partial charge < -0.3 is 0 Å². The lowest BCUT2D eigenvalue weighted by molar-refractivity contribution is -0.173. The van der Waals surface area contributed by atoms with E-state index < -0.39 is 0 Å². The van der Waals surface area contributed by atoms with Crippen molar-refractivity contribution in [2.45, 2.75) is 76.0 Å². The van der Waals surface area contributed by atoms with Gasteiger partial charge in [0.05, 0.1) is 0 Å². The monoisotopic (exact) mass is 576 g/mol. The summed E-state index contributed by atoms with van der Waals surface area (Å²) in [6.45, 7) is 0. The first-order chi connectivity index (χ1) is 21.8. The molecule has 0 aliphatic heterocycles. The zero-order chi connectivity index (χ0) is 28.5. The molecule has 7 fully saturated rings. The molecule has 10 atom stereocenters. The van der Waals surface area contributed by atoms with E-state index in [9.17, 15) is 0 Å². The van der Waals surface area contributed by atoms with E-state index in [0.717, 1.165) is 82.9 Å². The normalized spacial score (nSPS) is 44.8. The average molecular weight is 577 g/mol. The van der Waals surface area contributed by atoms with E-state index in [1.807, 2.05) is 0 Å². The Hall–Kier alpha value is -2.60. The highest BCUT2D eigenvalue weighted by atomic mass is 14.7. The molecule has 0 aromatic heterocycles. The van der Waals surface area contributed by atoms with Gasteiger partial charge in [-0.2, -0.15) is 0 Å². The molecule has 0 N–H and O–H groups in total. The van der Waals surface area contributed by atoms with Crippen molar-refractivity contribution in [1.82, 2.24) is 0 Å². The van der Waals surface area contributed by atoms with E-state index in [1.54, 1.807) is 49.7 Å². The fourth-order valence-corrected chi connectivity index (χ4v) is 14.9. The van der Waals surface area contributed by atoms with Gasteiger partial charge in [0.25, 0.3) is 0 Å². The highest BCUT2D eigenvalue weighted by molar-refractivity contribution is 5.84. The Morgan fingerprint density at radius 2 is 0.750 bits per heavy atom. The molecule has 7 aliphatic carbocycles. The summed E-state index contributed by atoms with van der Waals surface area (Å²) in [5.74, 6) is 13.6. The van der Waals surface area contributed by atoms with Gasteiger partial charge in [-0.1, -0.05) is 84.9 Å². The van der Waals surface area contributed by atoms with E-state index in [2.05, 4.69) is 84.9 Å². The maximum absolute atomic E-state index is 2.63. The van der Waals surface area contributed by atoms with Gasteiger partial charge in [-0.3, -0.25) is 0 Å². The first-order valence-corrected chi connectivity index (χ1v) is 18.8. The van der Waals surface area contributed by atoms with Crippen molar-refractivity contribution < 1.29 is 0 Å². The van der Waals surface area contributed by atoms with Crippen LogP contribution in [0.15, 0.2) is 84.9 Å². The Morgan fingerprint density at radius 1 is 0.341 bits per heavy atom. The first-order valence-electron chi connectivity index (χ1n) is 18.8. The molecule has 0 saturated heterocycles. The van der Waals surface area contributed by atoms with E-state index in [0.29, 0.717) is 0 Å². The van der Waals surface area contributed by atoms with Crippen LogP contribution in [0, 0.1) is 71.0 Å². The summed E-state index contributed by atoms with van der Waals surface area (Å²) in [6, 6.07) is 33.6. The molecule has 7 aliphatic rings. The van der Waals surface area contributed by atoms with Gasteiger partial charge in [0.15, 0.2) is 0 Å². The largest absolute Gasteiger partial charge is 0.0616 e. The van der Waals surface area contributed by atoms with Gasteiger partial charge in [-0.15, -0.1) is 0 Å². The third-order valence-electron chi connectivity index (χ3n) is 16.0. The molecule has 0 bridgehead atoms. The zero-order valence-electron chi connectivity index (χ0n) is 26.2. The molecule has 10 unspecified atom stereocenters. The lowest BCUT2D eigenvalue weighted by Crippen LogP contribution is -2.60. The Bertz CT molecular complexity index is 1620. The molecule has 7 saturated carbocycles. The van der Waals surface area contributed by atoms with Crippen molar-refractivity contribution in [2.24, 2.45) is 71.0 Å². The van der Waals surface area contributed by atoms with Crippen molar-refractivity contribution in [3.8, 4) is 0 Å². The van der Waals surface area contributed by atoms with Crippen LogP contribution in [0.1, 0.15) is 87.2 Å². The van der Waals surface area contributed by atoms with Crippen LogP contribution < -0.4 is 0 Å². The number of benzene rings is 4. The standard InChI is InChI=1S/C44H48/c1-3-7-29-21-31(13-9-25(29)5-1)37-23-39-35-17-15-27-11-12-28-16-18-36(42(35)41(27)28)40-24-38(34-20-19-33(37)43(34)44(39)40)32-14-10-26-6-2-4-8-30(26)22-32/h1-10,13-14,21-22,27-28,33-44H,11-12,15-20,23-24H2.